The average molecular weight is 329 g/mol. The van der Waals surface area contributed by atoms with E-state index >= 15 is 0 Å². The molecule has 7 heteroatoms. The molecule has 0 bridgehead atoms. The molecule has 0 unspecified atom stereocenters. The van der Waals surface area contributed by atoms with Crippen molar-refractivity contribution in [3.63, 3.8) is 0 Å². The largest absolute Gasteiger partial charge is 0.329 e. The topological polar surface area (TPSA) is 62.0 Å². The summed E-state index contributed by atoms with van der Waals surface area (Å²) in [5, 5.41) is 2.09. The Morgan fingerprint density at radius 1 is 1.21 bits per heavy atom. The lowest BCUT2D eigenvalue weighted by molar-refractivity contribution is 0.102. The molecule has 0 fully saturated rings. The maximum Gasteiger partial charge on any atom is 0.256 e. The lowest BCUT2D eigenvalue weighted by Gasteiger charge is -2.07. The van der Waals surface area contributed by atoms with Gasteiger partial charge in [-0.05, 0) is 18.2 Å². The van der Waals surface area contributed by atoms with Crippen LogP contribution in [0.3, 0.4) is 0 Å². The third-order valence-corrected chi connectivity index (χ3v) is 2.74. The highest BCUT2D eigenvalue weighted by Crippen LogP contribution is 2.24. The highest BCUT2D eigenvalue weighted by Gasteiger charge is 2.14. The first kappa shape index (κ1) is 13.4. The molecule has 2 rings (SSSR count). The highest BCUT2D eigenvalue weighted by molar-refractivity contribution is 9.10. The third-order valence-electron chi connectivity index (χ3n) is 2.28. The molecule has 0 aliphatic carbocycles. The van der Waals surface area contributed by atoms with E-state index in [0.717, 1.165) is 18.2 Å². The van der Waals surface area contributed by atoms with Crippen LogP contribution in [0.4, 0.5) is 14.5 Å². The van der Waals surface area contributed by atoms with E-state index in [9.17, 15) is 18.4 Å². The molecule has 2 N–H and O–H groups in total. The Labute approximate surface area is 114 Å². The molecule has 1 aromatic heterocycles. The SMILES string of the molecule is O=C(Nc1c(F)cc(Br)cc1F)c1cc[nH]c(=O)c1. The number of anilines is 1. The third kappa shape index (κ3) is 3.05. The average Bonchev–Trinajstić information content (AvgIpc) is 2.33. The fourth-order valence-corrected chi connectivity index (χ4v) is 1.84. The Kier molecular flexibility index (Phi) is 3.75. The summed E-state index contributed by atoms with van der Waals surface area (Å²) in [6, 6.07) is 4.41. The van der Waals surface area contributed by atoms with Gasteiger partial charge in [0, 0.05) is 22.3 Å². The quantitative estimate of drug-likeness (QED) is 0.890. The molecule has 1 heterocycles. The van der Waals surface area contributed by atoms with Crippen molar-refractivity contribution in [3.8, 4) is 0 Å². The number of benzene rings is 1. The summed E-state index contributed by atoms with van der Waals surface area (Å²) in [6.07, 6.45) is 1.27. The number of hydrogen-bond acceptors (Lipinski definition) is 2. The summed E-state index contributed by atoms with van der Waals surface area (Å²) < 4.78 is 27.2. The molecule has 0 radical (unpaired) electrons. The van der Waals surface area contributed by atoms with Gasteiger partial charge in [-0.15, -0.1) is 0 Å². The smallest absolute Gasteiger partial charge is 0.256 e. The molecule has 1 amide bonds. The lowest BCUT2D eigenvalue weighted by atomic mass is 10.2. The minimum atomic E-state index is -0.912. The number of nitrogens with one attached hydrogen (secondary N) is 2. The fraction of sp³-hybridized carbons (Fsp3) is 0. The monoisotopic (exact) mass is 328 g/mol. The first-order valence-corrected chi connectivity index (χ1v) is 5.91. The van der Waals surface area contributed by atoms with Gasteiger partial charge >= 0.3 is 0 Å². The van der Waals surface area contributed by atoms with Crippen molar-refractivity contribution in [2.75, 3.05) is 5.32 Å². The molecular formula is C12H7BrF2N2O2. The van der Waals surface area contributed by atoms with E-state index in [4.69, 9.17) is 0 Å². The van der Waals surface area contributed by atoms with E-state index in [1.54, 1.807) is 0 Å². The Morgan fingerprint density at radius 3 is 2.42 bits per heavy atom. The Morgan fingerprint density at radius 2 is 1.84 bits per heavy atom. The maximum absolute atomic E-state index is 13.5. The van der Waals surface area contributed by atoms with E-state index in [1.165, 1.54) is 12.3 Å². The number of pyridine rings is 1. The number of H-pyrrole nitrogens is 1. The Bertz CT molecular complexity index is 677. The minimum absolute atomic E-state index is 0.00506. The predicted molar refractivity (Wildman–Crippen MR) is 69.1 cm³/mol. The normalized spacial score (nSPS) is 10.3. The summed E-state index contributed by atoms with van der Waals surface area (Å²) in [6.45, 7) is 0. The molecule has 2 aromatic rings. The van der Waals surface area contributed by atoms with Crippen molar-refractivity contribution in [3.05, 3.63) is 62.5 Å². The van der Waals surface area contributed by atoms with Gasteiger partial charge < -0.3 is 10.3 Å². The van der Waals surface area contributed by atoms with Crippen molar-refractivity contribution in [2.24, 2.45) is 0 Å². The number of aromatic amines is 1. The van der Waals surface area contributed by atoms with Crippen LogP contribution in [0.1, 0.15) is 10.4 Å². The van der Waals surface area contributed by atoms with Gasteiger partial charge in [0.05, 0.1) is 0 Å². The molecule has 98 valence electrons. The van der Waals surface area contributed by atoms with Crippen molar-refractivity contribution in [2.45, 2.75) is 0 Å². The van der Waals surface area contributed by atoms with Gasteiger partial charge in [-0.1, -0.05) is 15.9 Å². The predicted octanol–water partition coefficient (Wildman–Crippen LogP) is 2.67. The van der Waals surface area contributed by atoms with Crippen LogP contribution in [0, 0.1) is 11.6 Å². The van der Waals surface area contributed by atoms with E-state index in [0.29, 0.717) is 0 Å². The highest BCUT2D eigenvalue weighted by atomic mass is 79.9. The molecule has 0 aliphatic heterocycles. The van der Waals surface area contributed by atoms with E-state index in [-0.39, 0.29) is 10.0 Å². The second-order valence-corrected chi connectivity index (χ2v) is 4.56. The molecule has 1 aromatic carbocycles. The molecule has 0 aliphatic rings. The number of halogens is 3. The van der Waals surface area contributed by atoms with Crippen LogP contribution in [0.5, 0.6) is 0 Å². The zero-order valence-corrected chi connectivity index (χ0v) is 10.9. The summed E-state index contributed by atoms with van der Waals surface area (Å²) in [5.74, 6) is -2.60. The van der Waals surface area contributed by atoms with Crippen molar-refractivity contribution in [1.82, 2.24) is 4.98 Å². The van der Waals surface area contributed by atoms with Gasteiger partial charge in [0.15, 0.2) is 11.6 Å². The van der Waals surface area contributed by atoms with Gasteiger partial charge in [-0.2, -0.15) is 0 Å². The van der Waals surface area contributed by atoms with E-state index < -0.39 is 28.8 Å². The molecule has 0 saturated carbocycles. The number of aromatic nitrogens is 1. The Hall–Kier alpha value is -2.02. The minimum Gasteiger partial charge on any atom is -0.329 e. The number of amides is 1. The van der Waals surface area contributed by atoms with Gasteiger partial charge in [-0.25, -0.2) is 8.78 Å². The van der Waals surface area contributed by atoms with Gasteiger partial charge in [-0.3, -0.25) is 9.59 Å². The van der Waals surface area contributed by atoms with Gasteiger partial charge in [0.25, 0.3) is 5.91 Å². The zero-order valence-electron chi connectivity index (χ0n) is 9.34. The van der Waals surface area contributed by atoms with Crippen molar-refractivity contribution >= 4 is 27.5 Å². The summed E-state index contributed by atoms with van der Waals surface area (Å²) >= 11 is 2.93. The van der Waals surface area contributed by atoms with Crippen LogP contribution < -0.4 is 10.9 Å². The lowest BCUT2D eigenvalue weighted by Crippen LogP contribution is -2.17. The van der Waals surface area contributed by atoms with Gasteiger partial charge in [0.1, 0.15) is 5.69 Å². The first-order chi connectivity index (χ1) is 8.97. The molecular weight excluding hydrogens is 322 g/mol. The number of carbonyl (C=O) groups excluding carboxylic acids is 1. The summed E-state index contributed by atoms with van der Waals surface area (Å²) in [5.41, 5.74) is -1.04. The zero-order chi connectivity index (χ0) is 14.0. The fourth-order valence-electron chi connectivity index (χ4n) is 1.43. The summed E-state index contributed by atoms with van der Waals surface area (Å²) in [4.78, 5) is 25.1. The molecule has 0 saturated heterocycles. The second kappa shape index (κ2) is 5.31. The maximum atomic E-state index is 13.5. The van der Waals surface area contributed by atoms with E-state index in [2.05, 4.69) is 26.2 Å². The van der Waals surface area contributed by atoms with Crippen LogP contribution >= 0.6 is 15.9 Å². The standard InChI is InChI=1S/C12H7BrF2N2O2/c13-7-4-8(14)11(9(15)5-7)17-12(19)6-1-2-16-10(18)3-6/h1-5H,(H,16,18)(H,17,19). The number of carbonyl (C=O) groups is 1. The summed E-state index contributed by atoms with van der Waals surface area (Å²) in [7, 11) is 0. The van der Waals surface area contributed by atoms with Crippen LogP contribution in [-0.4, -0.2) is 10.9 Å². The van der Waals surface area contributed by atoms with Crippen molar-refractivity contribution < 1.29 is 13.6 Å². The van der Waals surface area contributed by atoms with Crippen molar-refractivity contribution in [1.29, 1.82) is 0 Å². The van der Waals surface area contributed by atoms with Crippen LogP contribution in [0.25, 0.3) is 0 Å². The molecule has 19 heavy (non-hydrogen) atoms. The first-order valence-electron chi connectivity index (χ1n) is 5.12. The molecule has 0 atom stereocenters. The van der Waals surface area contributed by atoms with E-state index in [1.807, 2.05) is 0 Å². The van der Waals surface area contributed by atoms with Gasteiger partial charge in [0.2, 0.25) is 5.56 Å². The van der Waals surface area contributed by atoms with Crippen LogP contribution in [0.15, 0.2) is 39.7 Å². The molecule has 0 spiro atoms. The Balaban J connectivity index is 2.32. The molecule has 4 nitrogen and oxygen atoms in total. The van der Waals surface area contributed by atoms with Crippen LogP contribution in [-0.2, 0) is 0 Å². The van der Waals surface area contributed by atoms with Crippen LogP contribution in [0.2, 0.25) is 0 Å². The number of hydrogen-bond donors (Lipinski definition) is 2. The number of rotatable bonds is 2. The second-order valence-electron chi connectivity index (χ2n) is 3.64.